The minimum Gasteiger partial charge on any atom is -0.0651 e. The van der Waals surface area contributed by atoms with Crippen LogP contribution in [-0.4, -0.2) is 0 Å². The van der Waals surface area contributed by atoms with Crippen molar-refractivity contribution in [1.29, 1.82) is 0 Å². The molecule has 1 rings (SSSR count). The molecule has 3 atom stereocenters. The molecule has 0 heterocycles. The van der Waals surface area contributed by atoms with E-state index in [4.69, 9.17) is 0 Å². The van der Waals surface area contributed by atoms with Crippen LogP contribution in [0.2, 0.25) is 0 Å². The van der Waals surface area contributed by atoms with Gasteiger partial charge in [-0.2, -0.15) is 0 Å². The third-order valence-corrected chi connectivity index (χ3v) is 4.03. The minimum absolute atomic E-state index is 0.896. The fourth-order valence-electron chi connectivity index (χ4n) is 2.87. The van der Waals surface area contributed by atoms with Gasteiger partial charge in [0, 0.05) is 0 Å². The molecule has 0 nitrogen and oxygen atoms in total. The molecule has 0 aromatic carbocycles. The van der Waals surface area contributed by atoms with Gasteiger partial charge in [-0.3, -0.25) is 0 Å². The second kappa shape index (κ2) is 5.02. The molecule has 78 valence electrons. The van der Waals surface area contributed by atoms with E-state index in [0.29, 0.717) is 0 Å². The molecule has 0 saturated heterocycles. The lowest BCUT2D eigenvalue weighted by atomic mass is 9.86. The first kappa shape index (κ1) is 11.1. The van der Waals surface area contributed by atoms with Crippen molar-refractivity contribution >= 4 is 0 Å². The molecule has 1 aliphatic rings. The summed E-state index contributed by atoms with van der Waals surface area (Å²) < 4.78 is 0. The Kier molecular flexibility index (Phi) is 4.28. The zero-order valence-corrected chi connectivity index (χ0v) is 9.84. The monoisotopic (exact) mass is 182 g/mol. The molecule has 0 aromatic rings. The van der Waals surface area contributed by atoms with Crippen LogP contribution >= 0.6 is 0 Å². The van der Waals surface area contributed by atoms with Crippen molar-refractivity contribution in [1.82, 2.24) is 0 Å². The Hall–Kier alpha value is 0. The lowest BCUT2D eigenvalue weighted by molar-refractivity contribution is 0.302. The van der Waals surface area contributed by atoms with Crippen molar-refractivity contribution in [2.24, 2.45) is 23.7 Å². The van der Waals surface area contributed by atoms with Crippen molar-refractivity contribution in [3.8, 4) is 0 Å². The standard InChI is InChI=1S/C13H26/c1-5-12-8-9-13(11(12)4)7-6-10(2)3/h10-13H,5-9H2,1-4H3/t11?,12-,13?/m1/s1. The fourth-order valence-corrected chi connectivity index (χ4v) is 2.87. The van der Waals surface area contributed by atoms with Crippen LogP contribution in [0.25, 0.3) is 0 Å². The fraction of sp³-hybridized carbons (Fsp3) is 1.00. The van der Waals surface area contributed by atoms with E-state index in [1.807, 2.05) is 0 Å². The summed E-state index contributed by atoms with van der Waals surface area (Å²) in [5, 5.41) is 0. The van der Waals surface area contributed by atoms with Gasteiger partial charge >= 0.3 is 0 Å². The van der Waals surface area contributed by atoms with E-state index in [1.54, 1.807) is 0 Å². The molecule has 0 heteroatoms. The number of hydrogen-bond acceptors (Lipinski definition) is 0. The van der Waals surface area contributed by atoms with Crippen LogP contribution in [0.3, 0.4) is 0 Å². The summed E-state index contributed by atoms with van der Waals surface area (Å²) in [6.45, 7) is 9.52. The Bertz CT molecular complexity index is 137. The van der Waals surface area contributed by atoms with Gasteiger partial charge in [0.1, 0.15) is 0 Å². The Morgan fingerprint density at radius 3 is 2.23 bits per heavy atom. The predicted octanol–water partition coefficient (Wildman–Crippen LogP) is 4.49. The molecule has 2 unspecified atom stereocenters. The van der Waals surface area contributed by atoms with Crippen LogP contribution < -0.4 is 0 Å². The van der Waals surface area contributed by atoms with Gasteiger partial charge in [-0.1, -0.05) is 40.5 Å². The first-order valence-corrected chi connectivity index (χ1v) is 6.15. The van der Waals surface area contributed by atoms with Crippen molar-refractivity contribution < 1.29 is 0 Å². The average Bonchev–Trinajstić information content (AvgIpc) is 2.43. The molecule has 0 bridgehead atoms. The van der Waals surface area contributed by atoms with E-state index in [1.165, 1.54) is 32.1 Å². The molecular formula is C13H26. The first-order chi connectivity index (χ1) is 6.15. The first-order valence-electron chi connectivity index (χ1n) is 6.15. The number of rotatable bonds is 4. The maximum Gasteiger partial charge on any atom is -0.0386 e. The summed E-state index contributed by atoms with van der Waals surface area (Å²) in [5.41, 5.74) is 0. The summed E-state index contributed by atoms with van der Waals surface area (Å²) in [6.07, 6.45) is 7.33. The number of hydrogen-bond donors (Lipinski definition) is 0. The van der Waals surface area contributed by atoms with E-state index < -0.39 is 0 Å². The summed E-state index contributed by atoms with van der Waals surface area (Å²) in [4.78, 5) is 0. The smallest absolute Gasteiger partial charge is 0.0386 e. The van der Waals surface area contributed by atoms with Crippen LogP contribution in [0.5, 0.6) is 0 Å². The third-order valence-electron chi connectivity index (χ3n) is 4.03. The van der Waals surface area contributed by atoms with Crippen LogP contribution in [-0.2, 0) is 0 Å². The Balaban J connectivity index is 2.28. The normalized spacial score (nSPS) is 34.4. The van der Waals surface area contributed by atoms with Gasteiger partial charge in [-0.25, -0.2) is 0 Å². The van der Waals surface area contributed by atoms with Crippen molar-refractivity contribution in [3.05, 3.63) is 0 Å². The summed E-state index contributed by atoms with van der Waals surface area (Å²) >= 11 is 0. The highest BCUT2D eigenvalue weighted by Crippen LogP contribution is 2.41. The molecule has 0 spiro atoms. The SMILES string of the molecule is CC[C@@H]1CCC(CCC(C)C)C1C. The second-order valence-corrected chi connectivity index (χ2v) is 5.34. The summed E-state index contributed by atoms with van der Waals surface area (Å²) in [5.74, 6) is 3.99. The van der Waals surface area contributed by atoms with Gasteiger partial charge in [0.2, 0.25) is 0 Å². The summed E-state index contributed by atoms with van der Waals surface area (Å²) in [7, 11) is 0. The lowest BCUT2D eigenvalue weighted by Gasteiger charge is -2.20. The highest BCUT2D eigenvalue weighted by molar-refractivity contribution is 4.81. The second-order valence-electron chi connectivity index (χ2n) is 5.34. The van der Waals surface area contributed by atoms with Crippen molar-refractivity contribution in [2.75, 3.05) is 0 Å². The Morgan fingerprint density at radius 2 is 1.77 bits per heavy atom. The molecule has 1 saturated carbocycles. The molecule has 0 aliphatic heterocycles. The van der Waals surface area contributed by atoms with E-state index in [0.717, 1.165) is 23.7 Å². The van der Waals surface area contributed by atoms with E-state index >= 15 is 0 Å². The molecule has 1 fully saturated rings. The van der Waals surface area contributed by atoms with Crippen LogP contribution in [0.4, 0.5) is 0 Å². The van der Waals surface area contributed by atoms with E-state index in [2.05, 4.69) is 27.7 Å². The maximum atomic E-state index is 2.48. The van der Waals surface area contributed by atoms with Gasteiger partial charge in [0.05, 0.1) is 0 Å². The van der Waals surface area contributed by atoms with Crippen LogP contribution in [0.15, 0.2) is 0 Å². The predicted molar refractivity (Wildman–Crippen MR) is 59.7 cm³/mol. The molecule has 0 amide bonds. The molecule has 0 N–H and O–H groups in total. The van der Waals surface area contributed by atoms with E-state index in [-0.39, 0.29) is 0 Å². The highest BCUT2D eigenvalue weighted by atomic mass is 14.4. The lowest BCUT2D eigenvalue weighted by Crippen LogP contribution is -2.11. The van der Waals surface area contributed by atoms with Crippen molar-refractivity contribution in [2.45, 2.75) is 59.8 Å². The molecule has 13 heavy (non-hydrogen) atoms. The molecule has 1 aliphatic carbocycles. The largest absolute Gasteiger partial charge is 0.0651 e. The van der Waals surface area contributed by atoms with E-state index in [9.17, 15) is 0 Å². The van der Waals surface area contributed by atoms with Crippen molar-refractivity contribution in [3.63, 3.8) is 0 Å². The van der Waals surface area contributed by atoms with Gasteiger partial charge < -0.3 is 0 Å². The zero-order chi connectivity index (χ0) is 9.84. The van der Waals surface area contributed by atoms with Crippen LogP contribution in [0.1, 0.15) is 59.8 Å². The molecule has 0 aromatic heterocycles. The van der Waals surface area contributed by atoms with Gasteiger partial charge in [-0.05, 0) is 42.9 Å². The zero-order valence-electron chi connectivity index (χ0n) is 9.84. The van der Waals surface area contributed by atoms with Gasteiger partial charge in [-0.15, -0.1) is 0 Å². The summed E-state index contributed by atoms with van der Waals surface area (Å²) in [6, 6.07) is 0. The Labute approximate surface area is 84.1 Å². The third kappa shape index (κ3) is 3.00. The van der Waals surface area contributed by atoms with Crippen LogP contribution in [0, 0.1) is 23.7 Å². The topological polar surface area (TPSA) is 0 Å². The average molecular weight is 182 g/mol. The maximum absolute atomic E-state index is 2.48. The van der Waals surface area contributed by atoms with Gasteiger partial charge in [0.25, 0.3) is 0 Å². The minimum atomic E-state index is 0.896. The molecule has 0 radical (unpaired) electrons. The quantitative estimate of drug-likeness (QED) is 0.600. The van der Waals surface area contributed by atoms with Gasteiger partial charge in [0.15, 0.2) is 0 Å². The molecular weight excluding hydrogens is 156 g/mol. The highest BCUT2D eigenvalue weighted by Gasteiger charge is 2.30. The Morgan fingerprint density at radius 1 is 1.15 bits per heavy atom.